The number of rotatable bonds is 6. The van der Waals surface area contributed by atoms with Crippen molar-refractivity contribution in [3.8, 4) is 5.75 Å². The molecule has 0 saturated heterocycles. The molecule has 130 valence electrons. The first-order chi connectivity index (χ1) is 12.0. The van der Waals surface area contributed by atoms with Crippen molar-refractivity contribution in [3.05, 3.63) is 57.1 Å². The summed E-state index contributed by atoms with van der Waals surface area (Å²) in [6, 6.07) is 9.48. The molecule has 8 heteroatoms. The van der Waals surface area contributed by atoms with Gasteiger partial charge in [0.05, 0.1) is 17.1 Å². The number of carbonyl (C=O) groups excluding carboxylic acids is 1. The molecule has 0 heterocycles. The van der Waals surface area contributed by atoms with Gasteiger partial charge < -0.3 is 15.4 Å². The van der Waals surface area contributed by atoms with Crippen LogP contribution >= 0.6 is 11.6 Å². The van der Waals surface area contributed by atoms with E-state index in [2.05, 4.69) is 10.6 Å². The molecule has 2 aromatic rings. The molecule has 0 atom stereocenters. The van der Waals surface area contributed by atoms with Gasteiger partial charge in [-0.3, -0.25) is 14.9 Å². The van der Waals surface area contributed by atoms with Gasteiger partial charge in [0, 0.05) is 23.4 Å². The number of nitrogens with one attached hydrogen (secondary N) is 2. The van der Waals surface area contributed by atoms with Crippen molar-refractivity contribution >= 4 is 34.6 Å². The number of methoxy groups -OCH3 is 1. The first-order valence-electron chi connectivity index (χ1n) is 7.68. The summed E-state index contributed by atoms with van der Waals surface area (Å²) in [4.78, 5) is 23.2. The molecule has 1 amide bonds. The van der Waals surface area contributed by atoms with E-state index in [0.29, 0.717) is 22.1 Å². The van der Waals surface area contributed by atoms with Crippen LogP contribution in [0.3, 0.4) is 0 Å². The monoisotopic (exact) mass is 361 g/mol. The van der Waals surface area contributed by atoms with E-state index in [0.717, 1.165) is 12.8 Å². The fraction of sp³-hybridized carbons (Fsp3) is 0.235. The lowest BCUT2D eigenvalue weighted by molar-refractivity contribution is -0.384. The molecule has 0 unspecified atom stereocenters. The third-order valence-corrected chi connectivity index (χ3v) is 4.10. The average molecular weight is 362 g/mol. The number of anilines is 2. The largest absolute Gasteiger partial charge is 0.495 e. The van der Waals surface area contributed by atoms with Gasteiger partial charge >= 0.3 is 0 Å². The van der Waals surface area contributed by atoms with Crippen LogP contribution in [0.5, 0.6) is 5.75 Å². The number of hydrogen-bond acceptors (Lipinski definition) is 5. The fourth-order valence-corrected chi connectivity index (χ4v) is 2.60. The second kappa shape index (κ2) is 6.98. The van der Waals surface area contributed by atoms with Crippen molar-refractivity contribution in [2.45, 2.75) is 18.9 Å². The molecule has 1 fully saturated rings. The summed E-state index contributed by atoms with van der Waals surface area (Å²) < 4.78 is 5.05. The lowest BCUT2D eigenvalue weighted by Gasteiger charge is -2.10. The molecule has 2 aromatic carbocycles. The zero-order valence-electron chi connectivity index (χ0n) is 13.4. The summed E-state index contributed by atoms with van der Waals surface area (Å²) in [6.45, 7) is 0. The second-order valence-corrected chi connectivity index (χ2v) is 6.12. The zero-order chi connectivity index (χ0) is 18.0. The molecule has 2 N–H and O–H groups in total. The van der Waals surface area contributed by atoms with E-state index in [4.69, 9.17) is 16.3 Å². The molecular formula is C17H16ClN3O4. The Hall–Kier alpha value is -2.80. The summed E-state index contributed by atoms with van der Waals surface area (Å²) in [5.41, 5.74) is 0.975. The van der Waals surface area contributed by atoms with Gasteiger partial charge in [-0.05, 0) is 43.2 Å². The van der Waals surface area contributed by atoms with Crippen LogP contribution in [0.15, 0.2) is 36.4 Å². The van der Waals surface area contributed by atoms with Crippen LogP contribution in [-0.2, 0) is 0 Å². The molecule has 25 heavy (non-hydrogen) atoms. The predicted molar refractivity (Wildman–Crippen MR) is 95.7 cm³/mol. The predicted octanol–water partition coefficient (Wildman–Crippen LogP) is 4.08. The van der Waals surface area contributed by atoms with Crippen molar-refractivity contribution in [2.24, 2.45) is 0 Å². The molecule has 0 bridgehead atoms. The molecule has 1 aliphatic rings. The van der Waals surface area contributed by atoms with Gasteiger partial charge in [0.15, 0.2) is 0 Å². The highest BCUT2D eigenvalue weighted by Gasteiger charge is 2.25. The average Bonchev–Trinajstić information content (AvgIpc) is 3.39. The topological polar surface area (TPSA) is 93.5 Å². The maximum Gasteiger partial charge on any atom is 0.293 e. The van der Waals surface area contributed by atoms with E-state index < -0.39 is 10.8 Å². The number of nitrogens with zero attached hydrogens (tertiary/aromatic N) is 1. The second-order valence-electron chi connectivity index (χ2n) is 5.71. The quantitative estimate of drug-likeness (QED) is 0.597. The third-order valence-electron chi connectivity index (χ3n) is 3.80. The minimum Gasteiger partial charge on any atom is -0.495 e. The lowest BCUT2D eigenvalue weighted by atomic mass is 10.1. The number of carbonyl (C=O) groups is 1. The third kappa shape index (κ3) is 4.00. The highest BCUT2D eigenvalue weighted by atomic mass is 35.5. The number of benzene rings is 2. The van der Waals surface area contributed by atoms with Gasteiger partial charge in [0.1, 0.15) is 11.4 Å². The van der Waals surface area contributed by atoms with Gasteiger partial charge in [-0.1, -0.05) is 11.6 Å². The summed E-state index contributed by atoms with van der Waals surface area (Å²) in [5, 5.41) is 17.4. The molecule has 0 aliphatic heterocycles. The van der Waals surface area contributed by atoms with Crippen molar-refractivity contribution in [1.29, 1.82) is 0 Å². The molecule has 7 nitrogen and oxygen atoms in total. The molecular weight excluding hydrogens is 346 g/mol. The Bertz CT molecular complexity index is 837. The SMILES string of the molecule is COc1ccc(NC(=O)c2ccc(NC3CC3)c([N+](=O)[O-])c2)cc1Cl. The fourth-order valence-electron chi connectivity index (χ4n) is 2.34. The normalized spacial score (nSPS) is 13.2. The first kappa shape index (κ1) is 17.0. The summed E-state index contributed by atoms with van der Waals surface area (Å²) in [6.07, 6.45) is 2.00. The molecule has 1 aliphatic carbocycles. The number of halogens is 1. The number of nitro groups is 1. The minimum absolute atomic E-state index is 0.118. The summed E-state index contributed by atoms with van der Waals surface area (Å²) >= 11 is 6.03. The van der Waals surface area contributed by atoms with Gasteiger partial charge in [0.2, 0.25) is 0 Å². The molecule has 0 spiro atoms. The Balaban J connectivity index is 1.80. The number of ether oxygens (including phenoxy) is 1. The van der Waals surface area contributed by atoms with Crippen LogP contribution in [-0.4, -0.2) is 24.0 Å². The van der Waals surface area contributed by atoms with E-state index in [1.54, 1.807) is 30.3 Å². The van der Waals surface area contributed by atoms with Crippen LogP contribution in [0.4, 0.5) is 17.1 Å². The maximum atomic E-state index is 12.4. The van der Waals surface area contributed by atoms with E-state index >= 15 is 0 Å². The van der Waals surface area contributed by atoms with Crippen molar-refractivity contribution < 1.29 is 14.5 Å². The standard InChI is InChI=1S/C17H16ClN3O4/c1-25-16-7-5-12(9-13(16)18)20-17(22)10-2-6-14(19-11-3-4-11)15(8-10)21(23)24/h2,5-9,11,19H,3-4H2,1H3,(H,20,22). The number of nitro benzene ring substituents is 1. The van der Waals surface area contributed by atoms with E-state index in [1.807, 2.05) is 0 Å². The first-order valence-corrected chi connectivity index (χ1v) is 8.05. The van der Waals surface area contributed by atoms with Gasteiger partial charge in [0.25, 0.3) is 11.6 Å². The number of hydrogen-bond donors (Lipinski definition) is 2. The van der Waals surface area contributed by atoms with Crippen molar-refractivity contribution in [2.75, 3.05) is 17.7 Å². The Morgan fingerprint density at radius 2 is 2.04 bits per heavy atom. The van der Waals surface area contributed by atoms with Gasteiger partial charge in [-0.2, -0.15) is 0 Å². The van der Waals surface area contributed by atoms with Crippen LogP contribution < -0.4 is 15.4 Å². The van der Waals surface area contributed by atoms with Crippen LogP contribution in [0, 0.1) is 10.1 Å². The summed E-state index contributed by atoms with van der Waals surface area (Å²) in [5.74, 6) is 0.0353. The molecule has 0 aromatic heterocycles. The summed E-state index contributed by atoms with van der Waals surface area (Å²) in [7, 11) is 1.50. The Kier molecular flexibility index (Phi) is 4.76. The Morgan fingerprint density at radius 3 is 2.64 bits per heavy atom. The van der Waals surface area contributed by atoms with Gasteiger partial charge in [-0.25, -0.2) is 0 Å². The molecule has 1 saturated carbocycles. The van der Waals surface area contributed by atoms with Crippen molar-refractivity contribution in [1.82, 2.24) is 0 Å². The molecule has 3 rings (SSSR count). The van der Waals surface area contributed by atoms with E-state index in [9.17, 15) is 14.9 Å². The van der Waals surface area contributed by atoms with Crippen LogP contribution in [0.25, 0.3) is 0 Å². The zero-order valence-corrected chi connectivity index (χ0v) is 14.2. The van der Waals surface area contributed by atoms with E-state index in [-0.39, 0.29) is 17.3 Å². The lowest BCUT2D eigenvalue weighted by Crippen LogP contribution is -2.13. The number of amides is 1. The smallest absolute Gasteiger partial charge is 0.293 e. The van der Waals surface area contributed by atoms with Crippen molar-refractivity contribution in [3.63, 3.8) is 0 Å². The Labute approximate surface area is 149 Å². The highest BCUT2D eigenvalue weighted by molar-refractivity contribution is 6.32. The van der Waals surface area contributed by atoms with Gasteiger partial charge in [-0.15, -0.1) is 0 Å². The highest BCUT2D eigenvalue weighted by Crippen LogP contribution is 2.32. The van der Waals surface area contributed by atoms with Crippen LogP contribution in [0.2, 0.25) is 5.02 Å². The molecule has 0 radical (unpaired) electrons. The van der Waals surface area contributed by atoms with E-state index in [1.165, 1.54) is 13.2 Å². The Morgan fingerprint density at radius 1 is 1.28 bits per heavy atom. The van der Waals surface area contributed by atoms with Crippen LogP contribution in [0.1, 0.15) is 23.2 Å². The maximum absolute atomic E-state index is 12.4. The minimum atomic E-state index is -0.494.